The van der Waals surface area contributed by atoms with E-state index in [-0.39, 0.29) is 113 Å². The number of alkyl halides is 30. The lowest BCUT2D eigenvalue weighted by Gasteiger charge is -2.24. The van der Waals surface area contributed by atoms with Crippen LogP contribution in [0, 0.1) is 11.3 Å². The molecule has 2 aromatic heterocycles. The second-order valence-electron chi connectivity index (χ2n) is 23.8. The Morgan fingerprint density at radius 1 is 0.324 bits per heavy atom. The van der Waals surface area contributed by atoms with Crippen LogP contribution >= 0.6 is 0 Å². The van der Waals surface area contributed by atoms with Gasteiger partial charge in [0.25, 0.3) is 0 Å². The van der Waals surface area contributed by atoms with Gasteiger partial charge in [-0.2, -0.15) is 137 Å². The molecule has 1 aliphatic carbocycles. The summed E-state index contributed by atoms with van der Waals surface area (Å²) in [4.78, 5) is 0. The highest BCUT2D eigenvalue weighted by atomic mass is 19.4. The minimum atomic E-state index is -5.89. The molecule has 0 bridgehead atoms. The molecule has 12 rings (SSSR count). The molecular weight excluding hydrogens is 1480 g/mol. The first-order valence-electron chi connectivity index (χ1n) is 29.5. The van der Waals surface area contributed by atoms with Crippen molar-refractivity contribution in [1.82, 2.24) is 9.13 Å². The van der Waals surface area contributed by atoms with Crippen molar-refractivity contribution in [3.05, 3.63) is 242 Å². The Hall–Kier alpha value is -10.8. The van der Waals surface area contributed by atoms with Crippen molar-refractivity contribution in [3.8, 4) is 62.0 Å². The van der Waals surface area contributed by atoms with Gasteiger partial charge in [0.05, 0.1) is 101 Å². The Morgan fingerprint density at radius 2 is 0.648 bits per heavy atom. The smallest absolute Gasteiger partial charge is 0.307 e. The second kappa shape index (κ2) is 24.7. The molecule has 544 valence electrons. The van der Waals surface area contributed by atoms with E-state index in [4.69, 9.17) is 0 Å². The van der Waals surface area contributed by atoms with Crippen LogP contribution in [0.5, 0.6) is 0 Å². The van der Waals surface area contributed by atoms with Gasteiger partial charge in [0.2, 0.25) is 0 Å². The predicted octanol–water partition coefficient (Wildman–Crippen LogP) is 26.4. The van der Waals surface area contributed by atoms with Crippen molar-refractivity contribution < 1.29 is 132 Å². The summed E-state index contributed by atoms with van der Waals surface area (Å²) in [5.74, 6) is 0. The van der Waals surface area contributed by atoms with E-state index in [2.05, 4.69) is 0 Å². The van der Waals surface area contributed by atoms with Crippen molar-refractivity contribution in [2.24, 2.45) is 0 Å². The highest BCUT2D eigenvalue weighted by Crippen LogP contribution is 2.52. The summed E-state index contributed by atoms with van der Waals surface area (Å²) < 4.78 is 446. The van der Waals surface area contributed by atoms with Gasteiger partial charge in [-0.05, 0) is 172 Å². The van der Waals surface area contributed by atoms with Crippen LogP contribution in [0.4, 0.5) is 132 Å². The summed E-state index contributed by atoms with van der Waals surface area (Å²) in [6.45, 7) is 0. The first-order chi connectivity index (χ1) is 48.3. The van der Waals surface area contributed by atoms with Crippen LogP contribution in [-0.4, -0.2) is 9.13 Å². The minimum Gasteiger partial charge on any atom is -0.307 e. The fourth-order valence-electron chi connectivity index (χ4n) is 12.6. The number of nitrogens with zero attached hydrogens (tertiary/aromatic N) is 3. The van der Waals surface area contributed by atoms with E-state index in [9.17, 15) is 111 Å². The number of fused-ring (bicyclic) bond motifs is 6. The molecule has 0 amide bonds. The third-order valence-electron chi connectivity index (χ3n) is 17.1. The standard InChI is InChI=1S/C72H31F30N3/c73-63(74,75)41-14-32(15-42(26-41)64(76,77)78)13-36-3-1-4-52-51-12-9-35(39-20-47(69(91,92)93)29-48(21-39)70(94,95)96)24-58(51)105(62(36)52)59-25-40(31-103)53(61-54(71(97,98)99)5-2-6-55(61)72(100,101)102)30-60(59)104-56-22-33(37-16-43(65(79,80)81)27-44(17-37)66(82,83)84)7-10-49(56)50-11-8-34(23-57(50)104)38-18-45(67(85,86)87)28-46(19-38)68(88,89)90/h1-2,4-30H,3H2/b36-13+. The number of benzene rings is 9. The molecule has 3 nitrogen and oxygen atoms in total. The molecule has 2 heterocycles. The summed E-state index contributed by atoms with van der Waals surface area (Å²) >= 11 is 0. The van der Waals surface area contributed by atoms with Crippen LogP contribution in [-0.2, 0) is 61.8 Å². The molecule has 105 heavy (non-hydrogen) atoms. The van der Waals surface area contributed by atoms with Gasteiger partial charge in [-0.1, -0.05) is 54.6 Å². The van der Waals surface area contributed by atoms with Crippen molar-refractivity contribution in [3.63, 3.8) is 0 Å². The van der Waals surface area contributed by atoms with Crippen LogP contribution in [0.1, 0.15) is 84.4 Å². The van der Waals surface area contributed by atoms with Crippen LogP contribution in [0.25, 0.3) is 106 Å². The Labute approximate surface area is 567 Å². The largest absolute Gasteiger partial charge is 0.417 e. The maximum absolute atomic E-state index is 15.6. The fraction of sp³-hybridized carbons (Fsp3) is 0.153. The molecular formula is C72H31F30N3. The lowest BCUT2D eigenvalue weighted by molar-refractivity contribution is -0.144. The third kappa shape index (κ3) is 14.1. The van der Waals surface area contributed by atoms with Crippen LogP contribution in [0.2, 0.25) is 0 Å². The van der Waals surface area contributed by atoms with Gasteiger partial charge in [0.1, 0.15) is 0 Å². The van der Waals surface area contributed by atoms with E-state index in [0.29, 0.717) is 22.8 Å². The summed E-state index contributed by atoms with van der Waals surface area (Å²) in [6.07, 6.45) is -54.1. The Kier molecular flexibility index (Phi) is 17.4. The maximum Gasteiger partial charge on any atom is 0.417 e. The minimum absolute atomic E-state index is 0.0869. The first kappa shape index (κ1) is 73.9. The Bertz CT molecular complexity index is 5190. The summed E-state index contributed by atoms with van der Waals surface area (Å²) in [5, 5.41) is 10.2. The fourth-order valence-corrected chi connectivity index (χ4v) is 12.6. The molecule has 9 aromatic carbocycles. The van der Waals surface area contributed by atoms with Gasteiger partial charge in [0, 0.05) is 32.8 Å². The first-order valence-corrected chi connectivity index (χ1v) is 29.5. The van der Waals surface area contributed by atoms with Crippen LogP contribution < -0.4 is 0 Å². The number of hydrogen-bond acceptors (Lipinski definition) is 1. The summed E-state index contributed by atoms with van der Waals surface area (Å²) in [5.41, 5.74) is -36.1. The van der Waals surface area contributed by atoms with Gasteiger partial charge in [-0.3, -0.25) is 0 Å². The average molecular weight is 1510 g/mol. The SMILES string of the molecule is N#Cc1cc(-n2c3c(c4ccc(-c5cc(C(F)(F)F)cc(C(F)(F)F)c5)cc42)C=CC/C3=C\c2cc(C(F)(F)F)cc(C(F)(F)F)c2)c(-n2c3cc(-c4cc(C(F)(F)F)cc(C(F)(F)F)c4)ccc3c3ccc(-c4cc(C(F)(F)F)cc(C(F)(F)F)c4)cc32)cc1-c1c(C(F)(F)F)cccc1C(F)(F)F. The lowest BCUT2D eigenvalue weighted by Crippen LogP contribution is -2.15. The topological polar surface area (TPSA) is 33.6 Å². The molecule has 0 aliphatic heterocycles. The zero-order chi connectivity index (χ0) is 77.0. The average Bonchev–Trinajstić information content (AvgIpc) is 1.57. The number of allylic oxidation sites excluding steroid dienone is 2. The van der Waals surface area contributed by atoms with Gasteiger partial charge in [-0.15, -0.1) is 0 Å². The number of nitriles is 1. The lowest BCUT2D eigenvalue weighted by atomic mass is 9.89. The van der Waals surface area contributed by atoms with Crippen LogP contribution in [0.15, 0.2) is 164 Å². The molecule has 0 saturated carbocycles. The second-order valence-corrected chi connectivity index (χ2v) is 23.8. The molecule has 1 aliphatic rings. The molecule has 0 fully saturated rings. The maximum atomic E-state index is 15.6. The highest BCUT2D eigenvalue weighted by molar-refractivity contribution is 6.12. The van der Waals surface area contributed by atoms with Crippen LogP contribution in [0.3, 0.4) is 0 Å². The molecule has 0 N–H and O–H groups in total. The molecule has 33 heteroatoms. The zero-order valence-corrected chi connectivity index (χ0v) is 51.1. The van der Waals surface area contributed by atoms with Crippen molar-refractivity contribution in [1.29, 1.82) is 5.26 Å². The van der Waals surface area contributed by atoms with E-state index in [1.165, 1.54) is 12.1 Å². The van der Waals surface area contributed by atoms with E-state index >= 15 is 26.3 Å². The Balaban J connectivity index is 1.34. The zero-order valence-electron chi connectivity index (χ0n) is 51.1. The molecule has 0 unspecified atom stereocenters. The quantitative estimate of drug-likeness (QED) is 0.146. The molecule has 0 radical (unpaired) electrons. The van der Waals surface area contributed by atoms with Gasteiger partial charge in [0.15, 0.2) is 0 Å². The molecule has 0 spiro atoms. The van der Waals surface area contributed by atoms with E-state index in [1.807, 2.05) is 0 Å². The number of rotatable bonds is 7. The van der Waals surface area contributed by atoms with Crippen molar-refractivity contribution in [2.45, 2.75) is 68.2 Å². The Morgan fingerprint density at radius 3 is 0.981 bits per heavy atom. The molecule has 0 atom stereocenters. The normalized spacial score (nSPS) is 14.3. The molecule has 0 saturated heterocycles. The summed E-state index contributed by atoms with van der Waals surface area (Å²) in [6, 6.07) is 10.6. The highest BCUT2D eigenvalue weighted by Gasteiger charge is 2.45. The summed E-state index contributed by atoms with van der Waals surface area (Å²) in [7, 11) is 0. The molecule has 11 aromatic rings. The third-order valence-corrected chi connectivity index (χ3v) is 17.1. The van der Waals surface area contributed by atoms with E-state index in [0.717, 1.165) is 65.2 Å². The van der Waals surface area contributed by atoms with Gasteiger partial charge < -0.3 is 9.13 Å². The number of hydrogen-bond donors (Lipinski definition) is 0. The van der Waals surface area contributed by atoms with E-state index < -0.39 is 219 Å². The number of aromatic nitrogens is 2. The van der Waals surface area contributed by atoms with Gasteiger partial charge >= 0.3 is 61.8 Å². The van der Waals surface area contributed by atoms with E-state index in [1.54, 1.807) is 0 Å². The van der Waals surface area contributed by atoms with Gasteiger partial charge in [-0.25, -0.2) is 0 Å². The predicted molar refractivity (Wildman–Crippen MR) is 322 cm³/mol. The van der Waals surface area contributed by atoms with Crippen molar-refractivity contribution >= 4 is 50.4 Å². The van der Waals surface area contributed by atoms with Crippen molar-refractivity contribution in [2.75, 3.05) is 0 Å². The number of halogens is 30. The monoisotopic (exact) mass is 1510 g/mol.